The van der Waals surface area contributed by atoms with Crippen molar-refractivity contribution < 1.29 is 4.79 Å². The predicted octanol–water partition coefficient (Wildman–Crippen LogP) is 2.88. The molecule has 0 unspecified atom stereocenters. The number of rotatable bonds is 6. The molecule has 0 aliphatic heterocycles. The van der Waals surface area contributed by atoms with E-state index in [9.17, 15) is 4.79 Å². The highest BCUT2D eigenvalue weighted by molar-refractivity contribution is 5.94. The third kappa shape index (κ3) is 3.50. The minimum atomic E-state index is 0.176. The number of hydrogen-bond donors (Lipinski definition) is 0. The molecule has 1 rings (SSSR count). The van der Waals surface area contributed by atoms with Crippen LogP contribution < -0.4 is 0 Å². The Hall–Kier alpha value is -1.12. The van der Waals surface area contributed by atoms with Crippen molar-refractivity contribution in [1.82, 2.24) is 9.55 Å². The molecule has 0 aromatic carbocycles. The molecule has 3 heteroatoms. The Morgan fingerprint density at radius 3 is 2.67 bits per heavy atom. The summed E-state index contributed by atoms with van der Waals surface area (Å²) in [7, 11) is 1.91. The van der Waals surface area contributed by atoms with Gasteiger partial charge in [-0.2, -0.15) is 0 Å². The number of aromatic nitrogens is 2. The first-order chi connectivity index (χ1) is 7.15. The highest BCUT2D eigenvalue weighted by Gasteiger charge is 2.09. The Kier molecular flexibility index (Phi) is 4.53. The summed E-state index contributed by atoms with van der Waals surface area (Å²) < 4.78 is 1.89. The average Bonchev–Trinajstić information content (AvgIpc) is 2.54. The molecule has 15 heavy (non-hydrogen) atoms. The second-order valence-electron chi connectivity index (χ2n) is 4.02. The van der Waals surface area contributed by atoms with Crippen LogP contribution in [0.1, 0.15) is 55.3 Å². The molecule has 0 aliphatic carbocycles. The number of unbranched alkanes of at least 4 members (excludes halogenated alkanes) is 3. The van der Waals surface area contributed by atoms with E-state index in [-0.39, 0.29) is 5.78 Å². The quantitative estimate of drug-likeness (QED) is 0.532. The van der Waals surface area contributed by atoms with Gasteiger partial charge in [0.2, 0.25) is 0 Å². The van der Waals surface area contributed by atoms with Crippen LogP contribution in [0, 0.1) is 6.92 Å². The summed E-state index contributed by atoms with van der Waals surface area (Å²) in [6.07, 6.45) is 7.01. The summed E-state index contributed by atoms with van der Waals surface area (Å²) >= 11 is 0. The second kappa shape index (κ2) is 5.69. The molecule has 0 fully saturated rings. The van der Waals surface area contributed by atoms with Gasteiger partial charge in [0.15, 0.2) is 5.78 Å². The van der Waals surface area contributed by atoms with E-state index in [0.717, 1.165) is 18.7 Å². The van der Waals surface area contributed by atoms with E-state index < -0.39 is 0 Å². The van der Waals surface area contributed by atoms with E-state index in [0.29, 0.717) is 12.1 Å². The van der Waals surface area contributed by atoms with Gasteiger partial charge in [-0.25, -0.2) is 4.98 Å². The van der Waals surface area contributed by atoms with Gasteiger partial charge in [-0.1, -0.05) is 26.2 Å². The number of nitrogens with zero attached hydrogens (tertiary/aromatic N) is 2. The zero-order chi connectivity index (χ0) is 11.3. The summed E-state index contributed by atoms with van der Waals surface area (Å²) in [6.45, 7) is 4.08. The molecule has 0 saturated heterocycles. The van der Waals surface area contributed by atoms with Crippen molar-refractivity contribution in [3.8, 4) is 0 Å². The molecule has 0 saturated carbocycles. The second-order valence-corrected chi connectivity index (χ2v) is 4.02. The fraction of sp³-hybridized carbons (Fsp3) is 0.667. The van der Waals surface area contributed by atoms with Gasteiger partial charge in [0.1, 0.15) is 11.5 Å². The summed E-state index contributed by atoms with van der Waals surface area (Å²) in [6, 6.07) is 0. The lowest BCUT2D eigenvalue weighted by atomic mass is 10.1. The molecule has 1 aromatic heterocycles. The van der Waals surface area contributed by atoms with Crippen molar-refractivity contribution in [2.24, 2.45) is 7.05 Å². The normalized spacial score (nSPS) is 10.6. The molecule has 0 atom stereocenters. The number of carbonyl (C=O) groups excluding carboxylic acids is 1. The number of ketones is 1. The molecule has 1 aromatic rings. The lowest BCUT2D eigenvalue weighted by Crippen LogP contribution is -1.99. The minimum absolute atomic E-state index is 0.176. The Morgan fingerprint density at radius 1 is 1.40 bits per heavy atom. The van der Waals surface area contributed by atoms with Crippen LogP contribution >= 0.6 is 0 Å². The van der Waals surface area contributed by atoms with Crippen molar-refractivity contribution in [1.29, 1.82) is 0 Å². The first kappa shape index (κ1) is 12.0. The maximum absolute atomic E-state index is 11.7. The topological polar surface area (TPSA) is 34.9 Å². The molecule has 0 radical (unpaired) electrons. The highest BCUT2D eigenvalue weighted by atomic mass is 16.1. The van der Waals surface area contributed by atoms with Crippen molar-refractivity contribution >= 4 is 5.78 Å². The van der Waals surface area contributed by atoms with E-state index in [2.05, 4.69) is 11.9 Å². The SMILES string of the molecule is CCCCCCC(=O)c1cn(C)c(C)n1. The first-order valence-electron chi connectivity index (χ1n) is 5.68. The molecule has 0 aliphatic rings. The molecule has 84 valence electrons. The van der Waals surface area contributed by atoms with Crippen LogP contribution in [0.15, 0.2) is 6.20 Å². The Labute approximate surface area is 91.5 Å². The van der Waals surface area contributed by atoms with E-state index in [1.165, 1.54) is 12.8 Å². The maximum Gasteiger partial charge on any atom is 0.182 e. The van der Waals surface area contributed by atoms with Crippen molar-refractivity contribution in [3.05, 3.63) is 17.7 Å². The van der Waals surface area contributed by atoms with Gasteiger partial charge in [0.05, 0.1) is 0 Å². The van der Waals surface area contributed by atoms with Crippen molar-refractivity contribution in [2.45, 2.75) is 46.0 Å². The average molecular weight is 208 g/mol. The molecule has 3 nitrogen and oxygen atoms in total. The first-order valence-corrected chi connectivity index (χ1v) is 5.68. The van der Waals surface area contributed by atoms with Crippen LogP contribution in [0.3, 0.4) is 0 Å². The molecular weight excluding hydrogens is 188 g/mol. The number of imidazole rings is 1. The maximum atomic E-state index is 11.7. The molecule has 1 heterocycles. The molecular formula is C12H20N2O. The van der Waals surface area contributed by atoms with Gasteiger partial charge in [-0.15, -0.1) is 0 Å². The standard InChI is InChI=1S/C12H20N2O/c1-4-5-6-7-8-12(15)11-9-14(3)10(2)13-11/h9H,4-8H2,1-3H3. The lowest BCUT2D eigenvalue weighted by molar-refractivity contribution is 0.0974. The molecule has 0 N–H and O–H groups in total. The van der Waals surface area contributed by atoms with Crippen molar-refractivity contribution in [2.75, 3.05) is 0 Å². The fourth-order valence-corrected chi connectivity index (χ4v) is 1.53. The van der Waals surface area contributed by atoms with Gasteiger partial charge in [-0.3, -0.25) is 4.79 Å². The van der Waals surface area contributed by atoms with Gasteiger partial charge in [0.25, 0.3) is 0 Å². The fourth-order valence-electron chi connectivity index (χ4n) is 1.53. The number of aryl methyl sites for hydroxylation is 2. The van der Waals surface area contributed by atoms with Gasteiger partial charge in [-0.05, 0) is 13.3 Å². The van der Waals surface area contributed by atoms with Gasteiger partial charge in [0, 0.05) is 19.7 Å². The lowest BCUT2D eigenvalue weighted by Gasteiger charge is -1.96. The number of hydrogen-bond acceptors (Lipinski definition) is 2. The molecule has 0 amide bonds. The Morgan fingerprint density at radius 2 is 2.13 bits per heavy atom. The summed E-state index contributed by atoms with van der Waals surface area (Å²) in [4.78, 5) is 15.9. The number of Topliss-reactive ketones (excluding diaryl/α,β-unsaturated/α-hetero) is 1. The van der Waals surface area contributed by atoms with Crippen LogP contribution in [0.5, 0.6) is 0 Å². The third-order valence-corrected chi connectivity index (χ3v) is 2.65. The minimum Gasteiger partial charge on any atom is -0.337 e. The van der Waals surface area contributed by atoms with Gasteiger partial charge >= 0.3 is 0 Å². The van der Waals surface area contributed by atoms with Crippen LogP contribution in [0.25, 0.3) is 0 Å². The highest BCUT2D eigenvalue weighted by Crippen LogP contribution is 2.08. The van der Waals surface area contributed by atoms with E-state index in [1.54, 1.807) is 0 Å². The predicted molar refractivity (Wildman–Crippen MR) is 61.0 cm³/mol. The zero-order valence-electron chi connectivity index (χ0n) is 9.92. The van der Waals surface area contributed by atoms with Crippen LogP contribution in [0.2, 0.25) is 0 Å². The van der Waals surface area contributed by atoms with Crippen LogP contribution in [-0.4, -0.2) is 15.3 Å². The molecule has 0 bridgehead atoms. The van der Waals surface area contributed by atoms with E-state index in [1.807, 2.05) is 24.7 Å². The van der Waals surface area contributed by atoms with Crippen molar-refractivity contribution in [3.63, 3.8) is 0 Å². The van der Waals surface area contributed by atoms with E-state index in [4.69, 9.17) is 0 Å². The summed E-state index contributed by atoms with van der Waals surface area (Å²) in [5.74, 6) is 1.07. The monoisotopic (exact) mass is 208 g/mol. The Bertz CT molecular complexity index is 309. The van der Waals surface area contributed by atoms with Crippen LogP contribution in [0.4, 0.5) is 0 Å². The van der Waals surface area contributed by atoms with Gasteiger partial charge < -0.3 is 4.57 Å². The molecule has 0 spiro atoms. The summed E-state index contributed by atoms with van der Waals surface area (Å²) in [5, 5.41) is 0. The smallest absolute Gasteiger partial charge is 0.182 e. The summed E-state index contributed by atoms with van der Waals surface area (Å²) in [5.41, 5.74) is 0.617. The number of carbonyl (C=O) groups is 1. The third-order valence-electron chi connectivity index (χ3n) is 2.65. The Balaban J connectivity index is 2.40. The van der Waals surface area contributed by atoms with Crippen LogP contribution in [-0.2, 0) is 7.05 Å². The zero-order valence-corrected chi connectivity index (χ0v) is 9.92. The van der Waals surface area contributed by atoms with E-state index >= 15 is 0 Å². The largest absolute Gasteiger partial charge is 0.337 e.